The molecule has 0 saturated heterocycles. The number of aromatic nitrogens is 2. The number of benzene rings is 1. The Balaban J connectivity index is 2.42. The molecular formula is C12H9BrN4O. The van der Waals surface area contributed by atoms with Crippen LogP contribution in [0, 0.1) is 11.3 Å². The second kappa shape index (κ2) is 5.47. The maximum Gasteiger partial charge on any atom is 0.143 e. The summed E-state index contributed by atoms with van der Waals surface area (Å²) in [5.41, 5.74) is 1.08. The molecular weight excluding hydrogens is 296 g/mol. The van der Waals surface area contributed by atoms with Gasteiger partial charge in [0.25, 0.3) is 0 Å². The minimum absolute atomic E-state index is 0.490. The van der Waals surface area contributed by atoms with Crippen molar-refractivity contribution in [3.8, 4) is 11.8 Å². The summed E-state index contributed by atoms with van der Waals surface area (Å²) >= 11 is 3.26. The van der Waals surface area contributed by atoms with Crippen LogP contribution in [0.3, 0.4) is 0 Å². The predicted octanol–water partition coefficient (Wildman–Crippen LogP) is 2.86. The van der Waals surface area contributed by atoms with Gasteiger partial charge in [0.2, 0.25) is 0 Å². The van der Waals surface area contributed by atoms with Gasteiger partial charge in [-0.25, -0.2) is 9.97 Å². The zero-order valence-corrected chi connectivity index (χ0v) is 11.1. The van der Waals surface area contributed by atoms with Crippen molar-refractivity contribution in [2.75, 3.05) is 12.4 Å². The van der Waals surface area contributed by atoms with Crippen molar-refractivity contribution in [1.29, 1.82) is 5.26 Å². The van der Waals surface area contributed by atoms with Crippen molar-refractivity contribution in [3.05, 3.63) is 40.8 Å². The number of anilines is 2. The lowest BCUT2D eigenvalue weighted by atomic mass is 10.2. The summed E-state index contributed by atoms with van der Waals surface area (Å²) in [6.45, 7) is 0. The summed E-state index contributed by atoms with van der Waals surface area (Å²) in [4.78, 5) is 8.00. The van der Waals surface area contributed by atoms with Crippen molar-refractivity contribution in [3.63, 3.8) is 0 Å². The average Bonchev–Trinajstić information content (AvgIpc) is 2.39. The molecule has 1 aromatic carbocycles. The lowest BCUT2D eigenvalue weighted by Gasteiger charge is -2.11. The number of hydrogen-bond donors (Lipinski definition) is 1. The third-order valence-electron chi connectivity index (χ3n) is 2.25. The van der Waals surface area contributed by atoms with E-state index in [0.29, 0.717) is 27.4 Å². The van der Waals surface area contributed by atoms with Gasteiger partial charge in [-0.3, -0.25) is 0 Å². The molecule has 1 heterocycles. The van der Waals surface area contributed by atoms with Gasteiger partial charge in [0.1, 0.15) is 34.3 Å². The number of nitrogens with one attached hydrogen (secondary N) is 1. The van der Waals surface area contributed by atoms with Crippen molar-refractivity contribution < 1.29 is 4.74 Å². The molecule has 0 unspecified atom stereocenters. The van der Waals surface area contributed by atoms with Crippen LogP contribution in [-0.4, -0.2) is 17.1 Å². The number of para-hydroxylation sites is 1. The van der Waals surface area contributed by atoms with Gasteiger partial charge in [0, 0.05) is 6.07 Å². The van der Waals surface area contributed by atoms with E-state index in [-0.39, 0.29) is 0 Å². The summed E-state index contributed by atoms with van der Waals surface area (Å²) in [7, 11) is 1.55. The molecule has 0 spiro atoms. The van der Waals surface area contributed by atoms with Gasteiger partial charge in [0.05, 0.1) is 12.7 Å². The van der Waals surface area contributed by atoms with Crippen molar-refractivity contribution >= 4 is 27.4 Å². The molecule has 0 atom stereocenters. The van der Waals surface area contributed by atoms with Crippen LogP contribution >= 0.6 is 15.9 Å². The van der Waals surface area contributed by atoms with Crippen LogP contribution in [0.25, 0.3) is 0 Å². The average molecular weight is 305 g/mol. The van der Waals surface area contributed by atoms with E-state index in [1.54, 1.807) is 31.4 Å². The van der Waals surface area contributed by atoms with Crippen LogP contribution in [0.5, 0.6) is 5.75 Å². The minimum Gasteiger partial charge on any atom is -0.495 e. The highest BCUT2D eigenvalue weighted by Crippen LogP contribution is 2.30. The fourth-order valence-electron chi connectivity index (χ4n) is 1.45. The van der Waals surface area contributed by atoms with Crippen LogP contribution < -0.4 is 10.1 Å². The third kappa shape index (κ3) is 2.57. The number of methoxy groups -OCH3 is 1. The first-order chi connectivity index (χ1) is 8.74. The molecule has 0 fully saturated rings. The lowest BCUT2D eigenvalue weighted by Crippen LogP contribution is -1.99. The molecule has 2 rings (SSSR count). The third-order valence-corrected chi connectivity index (χ3v) is 2.69. The van der Waals surface area contributed by atoms with Crippen LogP contribution in [0.1, 0.15) is 5.56 Å². The summed E-state index contributed by atoms with van der Waals surface area (Å²) in [6, 6.07) is 9.07. The van der Waals surface area contributed by atoms with Gasteiger partial charge in [0.15, 0.2) is 0 Å². The van der Waals surface area contributed by atoms with Gasteiger partial charge >= 0.3 is 0 Å². The Morgan fingerprint density at radius 2 is 2.22 bits per heavy atom. The van der Waals surface area contributed by atoms with Gasteiger partial charge in [-0.05, 0) is 28.1 Å². The summed E-state index contributed by atoms with van der Waals surface area (Å²) < 4.78 is 5.88. The standard InChI is InChI=1S/C12H9BrN4O/c1-18-9-4-2-3-8(6-14)12(9)17-11-5-10(13)15-7-16-11/h2-5,7H,1H3,(H,15,16,17). The first-order valence-corrected chi connectivity index (χ1v) is 5.85. The molecule has 0 aliphatic rings. The largest absolute Gasteiger partial charge is 0.495 e. The maximum absolute atomic E-state index is 9.08. The SMILES string of the molecule is COc1cccc(C#N)c1Nc1cc(Br)ncn1. The molecule has 1 N–H and O–H groups in total. The molecule has 90 valence electrons. The first kappa shape index (κ1) is 12.3. The van der Waals surface area contributed by atoms with Gasteiger partial charge < -0.3 is 10.1 Å². The highest BCUT2D eigenvalue weighted by atomic mass is 79.9. The quantitative estimate of drug-likeness (QED) is 0.883. The van der Waals surface area contributed by atoms with Crippen LogP contribution in [-0.2, 0) is 0 Å². The second-order valence-electron chi connectivity index (χ2n) is 3.35. The zero-order valence-electron chi connectivity index (χ0n) is 9.51. The summed E-state index contributed by atoms with van der Waals surface area (Å²) in [5.74, 6) is 1.17. The normalized spacial score (nSPS) is 9.61. The van der Waals surface area contributed by atoms with Crippen LogP contribution in [0.15, 0.2) is 35.2 Å². The van der Waals surface area contributed by atoms with Crippen molar-refractivity contribution in [2.24, 2.45) is 0 Å². The Morgan fingerprint density at radius 1 is 1.39 bits per heavy atom. The van der Waals surface area contributed by atoms with E-state index < -0.39 is 0 Å². The number of rotatable bonds is 3. The molecule has 0 radical (unpaired) electrons. The topological polar surface area (TPSA) is 70.8 Å². The predicted molar refractivity (Wildman–Crippen MR) is 70.7 cm³/mol. The van der Waals surface area contributed by atoms with E-state index in [9.17, 15) is 0 Å². The van der Waals surface area contributed by atoms with Gasteiger partial charge in [-0.1, -0.05) is 6.07 Å². The Bertz CT molecular complexity index is 609. The highest BCUT2D eigenvalue weighted by molar-refractivity contribution is 9.10. The van der Waals surface area contributed by atoms with Crippen molar-refractivity contribution in [1.82, 2.24) is 9.97 Å². The molecule has 0 aliphatic heterocycles. The molecule has 18 heavy (non-hydrogen) atoms. The number of halogens is 1. The Kier molecular flexibility index (Phi) is 3.75. The van der Waals surface area contributed by atoms with E-state index in [4.69, 9.17) is 10.00 Å². The Labute approximate surface area is 113 Å². The lowest BCUT2D eigenvalue weighted by molar-refractivity contribution is 0.416. The molecule has 5 nitrogen and oxygen atoms in total. The summed E-state index contributed by atoms with van der Waals surface area (Å²) in [5, 5.41) is 12.1. The van der Waals surface area contributed by atoms with E-state index in [0.717, 1.165) is 0 Å². The molecule has 0 amide bonds. The number of nitriles is 1. The fourth-order valence-corrected chi connectivity index (χ4v) is 1.76. The van der Waals surface area contributed by atoms with E-state index in [2.05, 4.69) is 37.3 Å². The number of hydrogen-bond acceptors (Lipinski definition) is 5. The fraction of sp³-hybridized carbons (Fsp3) is 0.0833. The first-order valence-electron chi connectivity index (χ1n) is 5.06. The number of nitrogens with zero attached hydrogens (tertiary/aromatic N) is 3. The molecule has 2 aromatic rings. The van der Waals surface area contributed by atoms with Crippen LogP contribution in [0.4, 0.5) is 11.5 Å². The Morgan fingerprint density at radius 3 is 2.89 bits per heavy atom. The second-order valence-corrected chi connectivity index (χ2v) is 4.16. The van der Waals surface area contributed by atoms with Crippen molar-refractivity contribution in [2.45, 2.75) is 0 Å². The minimum atomic E-state index is 0.490. The monoisotopic (exact) mass is 304 g/mol. The van der Waals surface area contributed by atoms with Gasteiger partial charge in [-0.15, -0.1) is 0 Å². The molecule has 6 heteroatoms. The van der Waals surface area contributed by atoms with Crippen LogP contribution in [0.2, 0.25) is 0 Å². The van der Waals surface area contributed by atoms with E-state index in [1.807, 2.05) is 0 Å². The molecule has 0 saturated carbocycles. The molecule has 0 aliphatic carbocycles. The molecule has 1 aromatic heterocycles. The van der Waals surface area contributed by atoms with Gasteiger partial charge in [-0.2, -0.15) is 5.26 Å². The van der Waals surface area contributed by atoms with E-state index >= 15 is 0 Å². The number of ether oxygens (including phenoxy) is 1. The smallest absolute Gasteiger partial charge is 0.143 e. The highest BCUT2D eigenvalue weighted by Gasteiger charge is 2.09. The van der Waals surface area contributed by atoms with E-state index in [1.165, 1.54) is 6.33 Å². The maximum atomic E-state index is 9.08. The Hall–Kier alpha value is -2.13. The summed E-state index contributed by atoms with van der Waals surface area (Å²) in [6.07, 6.45) is 1.42. The molecule has 0 bridgehead atoms. The zero-order chi connectivity index (χ0) is 13.0.